The molecule has 140 valence electrons. The number of rotatable bonds is 7. The lowest BCUT2D eigenvalue weighted by molar-refractivity contribution is 0.103. The molecule has 0 aliphatic carbocycles. The van der Waals surface area contributed by atoms with Crippen molar-refractivity contribution in [1.29, 1.82) is 0 Å². The largest absolute Gasteiger partial charge is 0.359 e. The van der Waals surface area contributed by atoms with Gasteiger partial charge < -0.3 is 9.84 Å². The summed E-state index contributed by atoms with van der Waals surface area (Å²) in [5, 5.41) is 6.81. The summed E-state index contributed by atoms with van der Waals surface area (Å²) >= 11 is 1.59. The Balaban J connectivity index is 1.66. The minimum absolute atomic E-state index is 0.0944. The van der Waals surface area contributed by atoms with Crippen molar-refractivity contribution in [3.05, 3.63) is 45.5 Å². The molecule has 1 aliphatic rings. The zero-order chi connectivity index (χ0) is 18.5. The maximum atomic E-state index is 12.6. The highest BCUT2D eigenvalue weighted by Crippen LogP contribution is 2.36. The van der Waals surface area contributed by atoms with Gasteiger partial charge in [0.05, 0.1) is 4.88 Å². The number of nitrogens with one attached hydrogen (secondary N) is 1. The van der Waals surface area contributed by atoms with E-state index in [4.69, 9.17) is 4.52 Å². The SMILES string of the molecule is CCC/C=C/CN1CCC[C@H]1c1ccc(C(=O)Nc2c(C)noc2C)s1. The van der Waals surface area contributed by atoms with Crippen molar-refractivity contribution in [2.75, 3.05) is 18.4 Å². The van der Waals surface area contributed by atoms with Crippen LogP contribution in [-0.2, 0) is 0 Å². The van der Waals surface area contributed by atoms with E-state index in [1.54, 1.807) is 18.3 Å². The van der Waals surface area contributed by atoms with Crippen LogP contribution in [-0.4, -0.2) is 29.1 Å². The number of anilines is 1. The molecule has 1 atom stereocenters. The lowest BCUT2D eigenvalue weighted by Crippen LogP contribution is -2.22. The summed E-state index contributed by atoms with van der Waals surface area (Å²) < 4.78 is 5.11. The summed E-state index contributed by atoms with van der Waals surface area (Å²) in [7, 11) is 0. The number of aromatic nitrogens is 1. The van der Waals surface area contributed by atoms with Gasteiger partial charge >= 0.3 is 0 Å². The minimum Gasteiger partial charge on any atom is -0.359 e. The van der Waals surface area contributed by atoms with Crippen LogP contribution >= 0.6 is 11.3 Å². The van der Waals surface area contributed by atoms with E-state index in [1.807, 2.05) is 13.0 Å². The van der Waals surface area contributed by atoms with Crippen molar-refractivity contribution in [1.82, 2.24) is 10.1 Å². The molecule has 2 aromatic rings. The van der Waals surface area contributed by atoms with Crippen molar-refractivity contribution in [2.45, 2.75) is 52.5 Å². The fourth-order valence-corrected chi connectivity index (χ4v) is 4.42. The van der Waals surface area contributed by atoms with Gasteiger partial charge in [0.25, 0.3) is 5.91 Å². The maximum absolute atomic E-state index is 12.6. The molecule has 1 fully saturated rings. The molecule has 1 saturated heterocycles. The fourth-order valence-electron chi connectivity index (χ4n) is 3.35. The third kappa shape index (κ3) is 4.24. The van der Waals surface area contributed by atoms with Gasteiger partial charge in [0, 0.05) is 17.5 Å². The molecule has 0 spiro atoms. The fraction of sp³-hybridized carbons (Fsp3) is 0.500. The van der Waals surface area contributed by atoms with Crippen molar-refractivity contribution in [2.24, 2.45) is 0 Å². The lowest BCUT2D eigenvalue weighted by atomic mass is 10.2. The average molecular weight is 374 g/mol. The third-order valence-electron chi connectivity index (χ3n) is 4.78. The number of unbranched alkanes of at least 4 members (excludes halogenated alkanes) is 1. The Hall–Kier alpha value is -1.92. The monoisotopic (exact) mass is 373 g/mol. The molecule has 3 heterocycles. The second-order valence-electron chi connectivity index (χ2n) is 6.77. The number of hydrogen-bond donors (Lipinski definition) is 1. The van der Waals surface area contributed by atoms with Crippen molar-refractivity contribution >= 4 is 22.9 Å². The Morgan fingerprint density at radius 1 is 1.42 bits per heavy atom. The van der Waals surface area contributed by atoms with E-state index in [0.717, 1.165) is 30.8 Å². The number of amides is 1. The van der Waals surface area contributed by atoms with Crippen LogP contribution in [0, 0.1) is 13.8 Å². The Labute approximate surface area is 159 Å². The molecule has 0 bridgehead atoms. The Kier molecular flexibility index (Phi) is 6.27. The molecule has 0 saturated carbocycles. The average Bonchev–Trinajstić information content (AvgIpc) is 3.35. The zero-order valence-electron chi connectivity index (χ0n) is 15.7. The Bertz CT molecular complexity index is 758. The highest BCUT2D eigenvalue weighted by Gasteiger charge is 2.27. The van der Waals surface area contributed by atoms with E-state index in [0.29, 0.717) is 23.2 Å². The van der Waals surface area contributed by atoms with Crippen LogP contribution in [0.1, 0.15) is 64.7 Å². The first-order chi connectivity index (χ1) is 12.6. The van der Waals surface area contributed by atoms with Crippen molar-refractivity contribution in [3.8, 4) is 0 Å². The second kappa shape index (κ2) is 8.64. The number of thiophene rings is 1. The van der Waals surface area contributed by atoms with Gasteiger partial charge in [-0.25, -0.2) is 0 Å². The van der Waals surface area contributed by atoms with Crippen LogP contribution in [0.15, 0.2) is 28.8 Å². The summed E-state index contributed by atoms with van der Waals surface area (Å²) in [5.74, 6) is 0.538. The van der Waals surface area contributed by atoms with Crippen LogP contribution < -0.4 is 5.32 Å². The van der Waals surface area contributed by atoms with Crippen LogP contribution in [0.3, 0.4) is 0 Å². The number of aryl methyl sites for hydroxylation is 2. The number of likely N-dealkylation sites (tertiary alicyclic amines) is 1. The van der Waals surface area contributed by atoms with Gasteiger partial charge in [0.2, 0.25) is 0 Å². The van der Waals surface area contributed by atoms with E-state index < -0.39 is 0 Å². The van der Waals surface area contributed by atoms with Crippen LogP contribution in [0.5, 0.6) is 0 Å². The summed E-state index contributed by atoms with van der Waals surface area (Å²) in [6.07, 6.45) is 9.25. The Morgan fingerprint density at radius 2 is 2.27 bits per heavy atom. The Morgan fingerprint density at radius 3 is 3.00 bits per heavy atom. The highest BCUT2D eigenvalue weighted by molar-refractivity contribution is 7.14. The standard InChI is InChI=1S/C20H27N3O2S/c1-4-5-6-7-12-23-13-8-9-16(23)17-10-11-18(26-17)20(24)21-19-14(2)22-25-15(19)3/h6-7,10-11,16H,4-5,8-9,12-13H2,1-3H3,(H,21,24)/b7-6+/t16-/m0/s1. The molecule has 0 aromatic carbocycles. The van der Waals surface area contributed by atoms with Crippen molar-refractivity contribution in [3.63, 3.8) is 0 Å². The molecular formula is C20H27N3O2S. The van der Waals surface area contributed by atoms with Crippen LogP contribution in [0.25, 0.3) is 0 Å². The van der Waals surface area contributed by atoms with E-state index >= 15 is 0 Å². The normalized spacial score (nSPS) is 18.0. The molecule has 1 N–H and O–H groups in total. The first-order valence-corrected chi connectivity index (χ1v) is 10.1. The van der Waals surface area contributed by atoms with E-state index in [-0.39, 0.29) is 5.91 Å². The van der Waals surface area contributed by atoms with Crippen LogP contribution in [0.2, 0.25) is 0 Å². The molecule has 0 radical (unpaired) electrons. The number of hydrogen-bond acceptors (Lipinski definition) is 5. The summed E-state index contributed by atoms with van der Waals surface area (Å²) in [6.45, 7) is 7.94. The first kappa shape index (κ1) is 18.9. The first-order valence-electron chi connectivity index (χ1n) is 9.33. The van der Waals surface area contributed by atoms with Gasteiger partial charge in [-0.05, 0) is 51.8 Å². The molecule has 3 rings (SSSR count). The van der Waals surface area contributed by atoms with E-state index in [9.17, 15) is 4.79 Å². The second-order valence-corrected chi connectivity index (χ2v) is 7.88. The molecule has 2 aromatic heterocycles. The lowest BCUT2D eigenvalue weighted by Gasteiger charge is -2.21. The topological polar surface area (TPSA) is 58.4 Å². The predicted octanol–water partition coefficient (Wildman–Crippen LogP) is 5.10. The molecule has 1 amide bonds. The zero-order valence-corrected chi connectivity index (χ0v) is 16.6. The molecule has 6 heteroatoms. The molecule has 26 heavy (non-hydrogen) atoms. The number of carbonyl (C=O) groups excluding carboxylic acids is 1. The smallest absolute Gasteiger partial charge is 0.265 e. The van der Waals surface area contributed by atoms with Gasteiger partial charge in [0.15, 0.2) is 5.76 Å². The van der Waals surface area contributed by atoms with Gasteiger partial charge in [-0.2, -0.15) is 0 Å². The molecule has 0 unspecified atom stereocenters. The molecular weight excluding hydrogens is 346 g/mol. The van der Waals surface area contributed by atoms with E-state index in [2.05, 4.69) is 40.5 Å². The van der Waals surface area contributed by atoms with Crippen molar-refractivity contribution < 1.29 is 9.32 Å². The van der Waals surface area contributed by atoms with Gasteiger partial charge in [-0.15, -0.1) is 11.3 Å². The predicted molar refractivity (Wildman–Crippen MR) is 106 cm³/mol. The summed E-state index contributed by atoms with van der Waals surface area (Å²) in [5.41, 5.74) is 1.38. The molecule has 5 nitrogen and oxygen atoms in total. The quantitative estimate of drug-likeness (QED) is 0.686. The van der Waals surface area contributed by atoms with E-state index in [1.165, 1.54) is 17.7 Å². The van der Waals surface area contributed by atoms with Gasteiger partial charge in [-0.3, -0.25) is 9.69 Å². The number of nitrogens with zero attached hydrogens (tertiary/aromatic N) is 2. The summed E-state index contributed by atoms with van der Waals surface area (Å²) in [4.78, 5) is 17.1. The minimum atomic E-state index is -0.0944. The summed E-state index contributed by atoms with van der Waals surface area (Å²) in [6, 6.07) is 4.45. The highest BCUT2D eigenvalue weighted by atomic mass is 32.1. The van der Waals surface area contributed by atoms with Gasteiger partial charge in [-0.1, -0.05) is 30.7 Å². The maximum Gasteiger partial charge on any atom is 0.265 e. The number of allylic oxidation sites excluding steroid dienone is 1. The molecule has 1 aliphatic heterocycles. The third-order valence-corrected chi connectivity index (χ3v) is 5.96. The number of carbonyl (C=O) groups is 1. The van der Waals surface area contributed by atoms with Gasteiger partial charge in [0.1, 0.15) is 11.4 Å². The van der Waals surface area contributed by atoms with Crippen LogP contribution in [0.4, 0.5) is 5.69 Å².